The third-order valence-corrected chi connectivity index (χ3v) is 3.74. The molecule has 1 N–H and O–H groups in total. The molecule has 1 aromatic rings. The topological polar surface area (TPSA) is 61.5 Å². The molecule has 2 atom stereocenters. The number of anilines is 1. The molecule has 6 heteroatoms. The van der Waals surface area contributed by atoms with E-state index < -0.39 is 0 Å². The number of hydrogen-bond acceptors (Lipinski definition) is 4. The minimum Gasteiger partial charge on any atom is -0.372 e. The van der Waals surface area contributed by atoms with Crippen molar-refractivity contribution in [3.05, 3.63) is 11.8 Å². The van der Waals surface area contributed by atoms with Crippen LogP contribution in [0.25, 0.3) is 0 Å². The SMILES string of the molecule is CC(C)c1cc(N(C)CC(=O)N2C[C@@H](C)O[C@@H](C)C2)n[nH]1. The zero-order valence-electron chi connectivity index (χ0n) is 13.6. The number of carbonyl (C=O) groups is 1. The van der Waals surface area contributed by atoms with Crippen molar-refractivity contribution >= 4 is 11.7 Å². The highest BCUT2D eigenvalue weighted by atomic mass is 16.5. The first-order chi connectivity index (χ1) is 9.86. The van der Waals surface area contributed by atoms with Gasteiger partial charge in [-0.25, -0.2) is 0 Å². The van der Waals surface area contributed by atoms with E-state index in [1.165, 1.54) is 0 Å². The molecule has 21 heavy (non-hydrogen) atoms. The summed E-state index contributed by atoms with van der Waals surface area (Å²) in [5.74, 6) is 1.33. The average Bonchev–Trinajstić information content (AvgIpc) is 2.87. The molecule has 0 bridgehead atoms. The standard InChI is InChI=1S/C15H26N4O2/c1-10(2)13-6-14(17-16-13)18(5)9-15(20)19-7-11(3)21-12(4)8-19/h6,10-12H,7-9H2,1-5H3,(H,16,17)/t11-,12+. The largest absolute Gasteiger partial charge is 0.372 e. The van der Waals surface area contributed by atoms with Gasteiger partial charge in [-0.05, 0) is 19.8 Å². The summed E-state index contributed by atoms with van der Waals surface area (Å²) in [6.07, 6.45) is 0.196. The number of aromatic nitrogens is 2. The van der Waals surface area contributed by atoms with Crippen LogP contribution in [0.1, 0.15) is 39.3 Å². The van der Waals surface area contributed by atoms with Crippen LogP contribution in [0.3, 0.4) is 0 Å². The van der Waals surface area contributed by atoms with Crippen molar-refractivity contribution in [2.75, 3.05) is 31.6 Å². The van der Waals surface area contributed by atoms with Crippen molar-refractivity contribution in [2.24, 2.45) is 0 Å². The number of nitrogens with one attached hydrogen (secondary N) is 1. The lowest BCUT2D eigenvalue weighted by molar-refractivity contribution is -0.141. The number of amides is 1. The Labute approximate surface area is 126 Å². The van der Waals surface area contributed by atoms with Gasteiger partial charge in [0.25, 0.3) is 0 Å². The van der Waals surface area contributed by atoms with Gasteiger partial charge in [-0.3, -0.25) is 9.89 Å². The Morgan fingerprint density at radius 2 is 2.10 bits per heavy atom. The van der Waals surface area contributed by atoms with Gasteiger partial charge in [0.1, 0.15) is 0 Å². The summed E-state index contributed by atoms with van der Waals surface area (Å²) in [7, 11) is 1.89. The van der Waals surface area contributed by atoms with Gasteiger partial charge in [0.05, 0.1) is 18.8 Å². The van der Waals surface area contributed by atoms with Gasteiger partial charge in [-0.2, -0.15) is 5.10 Å². The van der Waals surface area contributed by atoms with Crippen molar-refractivity contribution in [2.45, 2.75) is 45.8 Å². The van der Waals surface area contributed by atoms with Crippen LogP contribution < -0.4 is 4.90 Å². The Balaban J connectivity index is 1.94. The van der Waals surface area contributed by atoms with Gasteiger partial charge in [0.2, 0.25) is 5.91 Å². The number of carbonyl (C=O) groups excluding carboxylic acids is 1. The first kappa shape index (κ1) is 15.8. The van der Waals surface area contributed by atoms with Crippen LogP contribution >= 0.6 is 0 Å². The molecule has 1 aliphatic heterocycles. The molecule has 2 rings (SSSR count). The highest BCUT2D eigenvalue weighted by Gasteiger charge is 2.26. The molecule has 0 saturated carbocycles. The molecule has 118 valence electrons. The van der Waals surface area contributed by atoms with Crippen molar-refractivity contribution in [3.63, 3.8) is 0 Å². The fraction of sp³-hybridized carbons (Fsp3) is 0.733. The first-order valence-corrected chi connectivity index (χ1v) is 7.56. The monoisotopic (exact) mass is 294 g/mol. The molecule has 1 aromatic heterocycles. The second-order valence-corrected chi connectivity index (χ2v) is 6.25. The van der Waals surface area contributed by atoms with Crippen LogP contribution in [0.15, 0.2) is 6.07 Å². The zero-order chi connectivity index (χ0) is 15.6. The Morgan fingerprint density at radius 1 is 1.48 bits per heavy atom. The Kier molecular flexibility index (Phi) is 4.88. The summed E-state index contributed by atoms with van der Waals surface area (Å²) in [6, 6.07) is 2.00. The van der Waals surface area contributed by atoms with E-state index in [4.69, 9.17) is 4.74 Å². The number of morpholine rings is 1. The van der Waals surface area contributed by atoms with E-state index in [1.807, 2.05) is 36.8 Å². The molecular formula is C15H26N4O2. The fourth-order valence-electron chi connectivity index (χ4n) is 2.58. The summed E-state index contributed by atoms with van der Waals surface area (Å²) in [5, 5.41) is 7.29. The van der Waals surface area contributed by atoms with Gasteiger partial charge in [-0.1, -0.05) is 13.8 Å². The van der Waals surface area contributed by atoms with E-state index in [2.05, 4.69) is 24.0 Å². The third kappa shape index (κ3) is 3.97. The molecule has 0 unspecified atom stereocenters. The zero-order valence-corrected chi connectivity index (χ0v) is 13.6. The molecule has 1 amide bonds. The fourth-order valence-corrected chi connectivity index (χ4v) is 2.58. The Hall–Kier alpha value is -1.56. The van der Waals surface area contributed by atoms with Crippen LogP contribution in [-0.2, 0) is 9.53 Å². The maximum Gasteiger partial charge on any atom is 0.242 e. The number of H-pyrrole nitrogens is 1. The molecule has 0 aliphatic carbocycles. The molecule has 1 saturated heterocycles. The van der Waals surface area contributed by atoms with E-state index in [-0.39, 0.29) is 18.1 Å². The van der Waals surface area contributed by atoms with Gasteiger partial charge < -0.3 is 14.5 Å². The molecule has 2 heterocycles. The van der Waals surface area contributed by atoms with Gasteiger partial charge in [0.15, 0.2) is 5.82 Å². The van der Waals surface area contributed by atoms with E-state index in [1.54, 1.807) is 0 Å². The summed E-state index contributed by atoms with van der Waals surface area (Å²) in [6.45, 7) is 9.88. The van der Waals surface area contributed by atoms with Crippen LogP contribution in [0.5, 0.6) is 0 Å². The second kappa shape index (κ2) is 6.47. The lowest BCUT2D eigenvalue weighted by atomic mass is 10.1. The van der Waals surface area contributed by atoms with Crippen molar-refractivity contribution in [1.29, 1.82) is 0 Å². The van der Waals surface area contributed by atoms with Crippen molar-refractivity contribution in [1.82, 2.24) is 15.1 Å². The number of aromatic amines is 1. The van der Waals surface area contributed by atoms with Crippen LogP contribution in [-0.4, -0.2) is 59.9 Å². The molecular weight excluding hydrogens is 268 g/mol. The summed E-state index contributed by atoms with van der Waals surface area (Å²) in [4.78, 5) is 16.2. The van der Waals surface area contributed by atoms with Gasteiger partial charge >= 0.3 is 0 Å². The summed E-state index contributed by atoms with van der Waals surface area (Å²) < 4.78 is 5.66. The molecule has 6 nitrogen and oxygen atoms in total. The van der Waals surface area contributed by atoms with Crippen LogP contribution in [0.2, 0.25) is 0 Å². The average molecular weight is 294 g/mol. The predicted octanol–water partition coefficient (Wildman–Crippen LogP) is 1.61. The molecule has 0 spiro atoms. The third-order valence-electron chi connectivity index (χ3n) is 3.74. The van der Waals surface area contributed by atoms with Gasteiger partial charge in [-0.15, -0.1) is 0 Å². The summed E-state index contributed by atoms with van der Waals surface area (Å²) >= 11 is 0. The highest BCUT2D eigenvalue weighted by Crippen LogP contribution is 2.18. The van der Waals surface area contributed by atoms with Crippen LogP contribution in [0.4, 0.5) is 5.82 Å². The van der Waals surface area contributed by atoms with Crippen molar-refractivity contribution in [3.8, 4) is 0 Å². The van der Waals surface area contributed by atoms with Gasteiger partial charge in [0, 0.05) is 31.9 Å². The quantitative estimate of drug-likeness (QED) is 0.916. The number of rotatable bonds is 4. The smallest absolute Gasteiger partial charge is 0.242 e. The highest BCUT2D eigenvalue weighted by molar-refractivity contribution is 5.81. The molecule has 0 radical (unpaired) electrons. The van der Waals surface area contributed by atoms with E-state index in [0.29, 0.717) is 25.6 Å². The molecule has 1 fully saturated rings. The number of nitrogens with zero attached hydrogens (tertiary/aromatic N) is 3. The lowest BCUT2D eigenvalue weighted by Crippen LogP contribution is -2.50. The predicted molar refractivity (Wildman–Crippen MR) is 82.5 cm³/mol. The number of ether oxygens (including phenoxy) is 1. The van der Waals surface area contributed by atoms with E-state index in [0.717, 1.165) is 11.5 Å². The maximum absolute atomic E-state index is 12.4. The maximum atomic E-state index is 12.4. The first-order valence-electron chi connectivity index (χ1n) is 7.56. The van der Waals surface area contributed by atoms with E-state index in [9.17, 15) is 4.79 Å². The molecule has 0 aromatic carbocycles. The second-order valence-electron chi connectivity index (χ2n) is 6.25. The minimum absolute atomic E-state index is 0.0981. The number of hydrogen-bond donors (Lipinski definition) is 1. The number of likely N-dealkylation sites (N-methyl/N-ethyl adjacent to an activating group) is 1. The van der Waals surface area contributed by atoms with Crippen LogP contribution in [0, 0.1) is 0 Å². The Bertz CT molecular complexity index is 476. The normalized spacial score (nSPS) is 22.7. The minimum atomic E-state index is 0.0981. The van der Waals surface area contributed by atoms with Crippen molar-refractivity contribution < 1.29 is 9.53 Å². The molecule has 1 aliphatic rings. The summed E-state index contributed by atoms with van der Waals surface area (Å²) in [5.41, 5.74) is 1.08. The van der Waals surface area contributed by atoms with E-state index >= 15 is 0 Å². The lowest BCUT2D eigenvalue weighted by Gasteiger charge is -2.36. The Morgan fingerprint density at radius 3 is 2.62 bits per heavy atom.